The SMILES string of the molecule is COc1ccc(C(C)NC(=O)c2ccc(Br)cc2)cc1. The van der Waals surface area contributed by atoms with Crippen molar-refractivity contribution in [1.82, 2.24) is 5.32 Å². The molecule has 1 unspecified atom stereocenters. The van der Waals surface area contributed by atoms with Gasteiger partial charge in [0.15, 0.2) is 0 Å². The monoisotopic (exact) mass is 333 g/mol. The molecule has 0 saturated heterocycles. The van der Waals surface area contributed by atoms with E-state index in [4.69, 9.17) is 4.74 Å². The first-order valence-electron chi connectivity index (χ1n) is 6.30. The van der Waals surface area contributed by atoms with Crippen molar-refractivity contribution in [2.45, 2.75) is 13.0 Å². The summed E-state index contributed by atoms with van der Waals surface area (Å²) in [6.45, 7) is 1.96. The number of amides is 1. The van der Waals surface area contributed by atoms with Crippen LogP contribution in [-0.2, 0) is 0 Å². The number of carbonyl (C=O) groups excluding carboxylic acids is 1. The molecule has 2 rings (SSSR count). The molecule has 0 radical (unpaired) electrons. The van der Waals surface area contributed by atoms with E-state index in [9.17, 15) is 4.79 Å². The Morgan fingerprint density at radius 2 is 1.70 bits per heavy atom. The van der Waals surface area contributed by atoms with E-state index in [0.29, 0.717) is 5.56 Å². The van der Waals surface area contributed by atoms with Crippen molar-refractivity contribution in [3.05, 3.63) is 64.1 Å². The van der Waals surface area contributed by atoms with E-state index in [1.807, 2.05) is 43.3 Å². The van der Waals surface area contributed by atoms with Gasteiger partial charge in [0, 0.05) is 10.0 Å². The largest absolute Gasteiger partial charge is 0.497 e. The van der Waals surface area contributed by atoms with E-state index < -0.39 is 0 Å². The zero-order chi connectivity index (χ0) is 14.5. The number of methoxy groups -OCH3 is 1. The van der Waals surface area contributed by atoms with Gasteiger partial charge in [-0.15, -0.1) is 0 Å². The summed E-state index contributed by atoms with van der Waals surface area (Å²) < 4.78 is 6.07. The molecule has 0 aliphatic carbocycles. The summed E-state index contributed by atoms with van der Waals surface area (Å²) >= 11 is 3.35. The van der Waals surface area contributed by atoms with Crippen molar-refractivity contribution < 1.29 is 9.53 Å². The number of halogens is 1. The maximum atomic E-state index is 12.1. The molecule has 2 aromatic carbocycles. The molecule has 20 heavy (non-hydrogen) atoms. The minimum Gasteiger partial charge on any atom is -0.497 e. The van der Waals surface area contributed by atoms with E-state index in [2.05, 4.69) is 21.2 Å². The lowest BCUT2D eigenvalue weighted by atomic mass is 10.1. The Balaban J connectivity index is 2.04. The van der Waals surface area contributed by atoms with Crippen molar-refractivity contribution in [3.8, 4) is 5.75 Å². The molecule has 0 aromatic heterocycles. The molecule has 0 aliphatic heterocycles. The maximum Gasteiger partial charge on any atom is 0.251 e. The normalized spacial score (nSPS) is 11.8. The summed E-state index contributed by atoms with van der Waals surface area (Å²) in [5, 5.41) is 2.97. The third-order valence-corrected chi connectivity index (χ3v) is 3.60. The molecule has 0 spiro atoms. The topological polar surface area (TPSA) is 38.3 Å². The van der Waals surface area contributed by atoms with Crippen molar-refractivity contribution in [3.63, 3.8) is 0 Å². The van der Waals surface area contributed by atoms with Gasteiger partial charge < -0.3 is 10.1 Å². The Hall–Kier alpha value is -1.81. The van der Waals surface area contributed by atoms with Crippen LogP contribution < -0.4 is 10.1 Å². The summed E-state index contributed by atoms with van der Waals surface area (Å²) in [4.78, 5) is 12.1. The fourth-order valence-electron chi connectivity index (χ4n) is 1.86. The highest BCUT2D eigenvalue weighted by atomic mass is 79.9. The maximum absolute atomic E-state index is 12.1. The van der Waals surface area contributed by atoms with E-state index in [1.54, 1.807) is 19.2 Å². The number of hydrogen-bond donors (Lipinski definition) is 1. The van der Waals surface area contributed by atoms with Crippen LogP contribution in [0.4, 0.5) is 0 Å². The first-order chi connectivity index (χ1) is 9.60. The van der Waals surface area contributed by atoms with Crippen LogP contribution in [0, 0.1) is 0 Å². The van der Waals surface area contributed by atoms with Crippen LogP contribution in [0.1, 0.15) is 28.9 Å². The molecular formula is C16H16BrNO2. The molecule has 1 amide bonds. The number of rotatable bonds is 4. The Bertz CT molecular complexity index is 578. The quantitative estimate of drug-likeness (QED) is 0.919. The van der Waals surface area contributed by atoms with E-state index >= 15 is 0 Å². The Morgan fingerprint density at radius 3 is 2.25 bits per heavy atom. The third-order valence-electron chi connectivity index (χ3n) is 3.07. The second kappa shape index (κ2) is 6.57. The third kappa shape index (κ3) is 3.61. The molecular weight excluding hydrogens is 318 g/mol. The molecule has 0 saturated carbocycles. The zero-order valence-electron chi connectivity index (χ0n) is 11.4. The average molecular weight is 334 g/mol. The lowest BCUT2D eigenvalue weighted by Gasteiger charge is -2.15. The number of benzene rings is 2. The first kappa shape index (κ1) is 14.6. The van der Waals surface area contributed by atoms with Gasteiger partial charge in [0.05, 0.1) is 13.2 Å². The van der Waals surface area contributed by atoms with Gasteiger partial charge >= 0.3 is 0 Å². The predicted octanol–water partition coefficient (Wildman–Crippen LogP) is 3.95. The van der Waals surface area contributed by atoms with Gasteiger partial charge in [-0.05, 0) is 48.9 Å². The predicted molar refractivity (Wildman–Crippen MR) is 83.0 cm³/mol. The van der Waals surface area contributed by atoms with Crippen LogP contribution in [-0.4, -0.2) is 13.0 Å². The van der Waals surface area contributed by atoms with Crippen LogP contribution in [0.15, 0.2) is 53.0 Å². The van der Waals surface area contributed by atoms with Crippen molar-refractivity contribution in [1.29, 1.82) is 0 Å². The Labute approximate surface area is 127 Å². The van der Waals surface area contributed by atoms with Crippen molar-refractivity contribution >= 4 is 21.8 Å². The molecule has 3 nitrogen and oxygen atoms in total. The highest BCUT2D eigenvalue weighted by Crippen LogP contribution is 2.18. The van der Waals surface area contributed by atoms with Crippen LogP contribution in [0.25, 0.3) is 0 Å². The zero-order valence-corrected chi connectivity index (χ0v) is 13.0. The van der Waals surface area contributed by atoms with Crippen LogP contribution in [0.2, 0.25) is 0 Å². The molecule has 0 fully saturated rings. The van der Waals surface area contributed by atoms with Gasteiger partial charge in [0.2, 0.25) is 0 Å². The summed E-state index contributed by atoms with van der Waals surface area (Å²) in [7, 11) is 1.63. The minimum atomic E-state index is -0.0826. The first-order valence-corrected chi connectivity index (χ1v) is 7.10. The molecule has 1 N–H and O–H groups in total. The van der Waals surface area contributed by atoms with Crippen molar-refractivity contribution in [2.24, 2.45) is 0 Å². The van der Waals surface area contributed by atoms with Crippen LogP contribution in [0.3, 0.4) is 0 Å². The lowest BCUT2D eigenvalue weighted by Crippen LogP contribution is -2.26. The lowest BCUT2D eigenvalue weighted by molar-refractivity contribution is 0.0940. The van der Waals surface area contributed by atoms with Gasteiger partial charge in [-0.25, -0.2) is 0 Å². The smallest absolute Gasteiger partial charge is 0.251 e. The summed E-state index contributed by atoms with van der Waals surface area (Å²) in [5.41, 5.74) is 1.69. The van der Waals surface area contributed by atoms with E-state index in [0.717, 1.165) is 15.8 Å². The van der Waals surface area contributed by atoms with Gasteiger partial charge in [-0.1, -0.05) is 28.1 Å². The van der Waals surface area contributed by atoms with Gasteiger partial charge in [-0.3, -0.25) is 4.79 Å². The summed E-state index contributed by atoms with van der Waals surface area (Å²) in [5.74, 6) is 0.723. The highest BCUT2D eigenvalue weighted by molar-refractivity contribution is 9.10. The number of ether oxygens (including phenoxy) is 1. The molecule has 104 valence electrons. The standard InChI is InChI=1S/C16H16BrNO2/c1-11(12-5-9-15(20-2)10-6-12)18-16(19)13-3-7-14(17)8-4-13/h3-11H,1-2H3,(H,18,19). The van der Waals surface area contributed by atoms with Gasteiger partial charge in [0.25, 0.3) is 5.91 Å². The second-order valence-corrected chi connectivity index (χ2v) is 5.39. The average Bonchev–Trinajstić information content (AvgIpc) is 2.48. The van der Waals surface area contributed by atoms with Crippen LogP contribution in [0.5, 0.6) is 5.75 Å². The van der Waals surface area contributed by atoms with Gasteiger partial charge in [0.1, 0.15) is 5.75 Å². The fourth-order valence-corrected chi connectivity index (χ4v) is 2.12. The Kier molecular flexibility index (Phi) is 4.79. The highest BCUT2D eigenvalue weighted by Gasteiger charge is 2.11. The molecule has 1 atom stereocenters. The molecule has 0 bridgehead atoms. The van der Waals surface area contributed by atoms with E-state index in [1.165, 1.54) is 0 Å². The molecule has 2 aromatic rings. The molecule has 0 heterocycles. The van der Waals surface area contributed by atoms with Crippen molar-refractivity contribution in [2.75, 3.05) is 7.11 Å². The Morgan fingerprint density at radius 1 is 1.10 bits per heavy atom. The minimum absolute atomic E-state index is 0.0583. The molecule has 0 aliphatic rings. The van der Waals surface area contributed by atoms with Crippen LogP contribution >= 0.6 is 15.9 Å². The van der Waals surface area contributed by atoms with Gasteiger partial charge in [-0.2, -0.15) is 0 Å². The number of nitrogens with one attached hydrogen (secondary N) is 1. The summed E-state index contributed by atoms with van der Waals surface area (Å²) in [6.07, 6.45) is 0. The van der Waals surface area contributed by atoms with E-state index in [-0.39, 0.29) is 11.9 Å². The number of carbonyl (C=O) groups is 1. The fraction of sp³-hybridized carbons (Fsp3) is 0.188. The summed E-state index contributed by atoms with van der Waals surface area (Å²) in [6, 6.07) is 14.9. The molecule has 4 heteroatoms. The number of hydrogen-bond acceptors (Lipinski definition) is 2. The second-order valence-electron chi connectivity index (χ2n) is 4.48.